The molecule has 1 heterocycles. The van der Waals surface area contributed by atoms with E-state index in [9.17, 15) is 0 Å². The number of aromatic nitrogens is 2. The first-order valence-electron chi connectivity index (χ1n) is 5.35. The van der Waals surface area contributed by atoms with Crippen LogP contribution >= 0.6 is 27.5 Å². The lowest BCUT2D eigenvalue weighted by molar-refractivity contribution is 0.398. The lowest BCUT2D eigenvalue weighted by Gasteiger charge is -2.26. The van der Waals surface area contributed by atoms with Crippen molar-refractivity contribution in [3.63, 3.8) is 0 Å². The predicted molar refractivity (Wildman–Crippen MR) is 73.9 cm³/mol. The van der Waals surface area contributed by atoms with E-state index < -0.39 is 0 Å². The number of nitrogens with one attached hydrogen (secondary N) is 1. The Morgan fingerprint density at radius 2 is 2.00 bits per heavy atom. The van der Waals surface area contributed by atoms with E-state index in [1.165, 1.54) is 17.1 Å². The number of halogens is 1. The van der Waals surface area contributed by atoms with E-state index in [1.807, 2.05) is 5.38 Å². The van der Waals surface area contributed by atoms with Gasteiger partial charge in [-0.25, -0.2) is 0 Å². The van der Waals surface area contributed by atoms with Crippen LogP contribution in [0.1, 0.15) is 25.1 Å². The second kappa shape index (κ2) is 5.25. The molecule has 90 valence electrons. The van der Waals surface area contributed by atoms with Gasteiger partial charge in [-0.15, -0.1) is 5.10 Å². The van der Waals surface area contributed by atoms with Crippen LogP contribution in [0.3, 0.4) is 0 Å². The van der Waals surface area contributed by atoms with Crippen LogP contribution in [0.2, 0.25) is 0 Å². The highest BCUT2D eigenvalue weighted by atomic mass is 79.9. The van der Waals surface area contributed by atoms with Crippen molar-refractivity contribution in [2.24, 2.45) is 0 Å². The summed E-state index contributed by atoms with van der Waals surface area (Å²) in [5, 5.41) is 9.47. The molecular formula is C12H14BrN3S. The first kappa shape index (κ1) is 12.7. The summed E-state index contributed by atoms with van der Waals surface area (Å²) in [6.07, 6.45) is 0. The molecule has 0 aliphatic carbocycles. The Morgan fingerprint density at radius 1 is 1.29 bits per heavy atom. The van der Waals surface area contributed by atoms with Gasteiger partial charge in [-0.1, -0.05) is 32.6 Å². The van der Waals surface area contributed by atoms with Crippen molar-refractivity contribution in [3.8, 4) is 0 Å². The third-order valence-electron chi connectivity index (χ3n) is 2.68. The second-order valence-corrected chi connectivity index (χ2v) is 5.91. The number of hydrogen-bond acceptors (Lipinski definition) is 4. The molecule has 0 atom stereocenters. The maximum absolute atomic E-state index is 4.03. The van der Waals surface area contributed by atoms with E-state index in [-0.39, 0.29) is 5.54 Å². The van der Waals surface area contributed by atoms with Crippen LogP contribution in [-0.4, -0.2) is 9.59 Å². The first-order valence-corrected chi connectivity index (χ1v) is 6.98. The molecular weight excluding hydrogens is 298 g/mol. The molecule has 17 heavy (non-hydrogen) atoms. The molecule has 0 unspecified atom stereocenters. The zero-order valence-corrected chi connectivity index (χ0v) is 12.2. The Bertz CT molecular complexity index is 465. The zero-order chi connectivity index (χ0) is 12.3. The van der Waals surface area contributed by atoms with Gasteiger partial charge in [-0.3, -0.25) is 0 Å². The molecule has 1 N–H and O–H groups in total. The van der Waals surface area contributed by atoms with Gasteiger partial charge >= 0.3 is 0 Å². The highest BCUT2D eigenvalue weighted by Crippen LogP contribution is 2.22. The van der Waals surface area contributed by atoms with E-state index in [0.717, 1.165) is 16.7 Å². The summed E-state index contributed by atoms with van der Waals surface area (Å²) in [4.78, 5) is 0. The number of benzene rings is 1. The molecule has 0 saturated heterocycles. The number of nitrogens with zero attached hydrogens (tertiary/aromatic N) is 2. The molecule has 0 bridgehead atoms. The number of rotatable bonds is 4. The van der Waals surface area contributed by atoms with Crippen LogP contribution in [0.4, 0.5) is 0 Å². The third-order valence-corrected chi connectivity index (χ3v) is 3.76. The Hall–Kier alpha value is -0.780. The van der Waals surface area contributed by atoms with Crippen LogP contribution in [0, 0.1) is 0 Å². The van der Waals surface area contributed by atoms with Crippen LogP contribution in [0.5, 0.6) is 0 Å². The fraction of sp³-hybridized carbons (Fsp3) is 0.333. The SMILES string of the molecule is CC(C)(NCc1csnn1)c1ccc(Br)cc1. The van der Waals surface area contributed by atoms with Gasteiger partial charge in [0.05, 0.1) is 5.69 Å². The van der Waals surface area contributed by atoms with E-state index >= 15 is 0 Å². The summed E-state index contributed by atoms with van der Waals surface area (Å²) >= 11 is 4.83. The van der Waals surface area contributed by atoms with Gasteiger partial charge in [-0.05, 0) is 43.1 Å². The van der Waals surface area contributed by atoms with Crippen LogP contribution in [-0.2, 0) is 12.1 Å². The largest absolute Gasteiger partial charge is 0.302 e. The van der Waals surface area contributed by atoms with Crippen molar-refractivity contribution >= 4 is 27.5 Å². The Balaban J connectivity index is 2.05. The summed E-state index contributed by atoms with van der Waals surface area (Å²) in [5.41, 5.74) is 2.16. The van der Waals surface area contributed by atoms with E-state index in [1.54, 1.807) is 0 Å². The Morgan fingerprint density at radius 3 is 2.59 bits per heavy atom. The minimum Gasteiger partial charge on any atom is -0.302 e. The fourth-order valence-electron chi connectivity index (χ4n) is 1.54. The molecule has 3 nitrogen and oxygen atoms in total. The molecule has 0 spiro atoms. The molecule has 1 aromatic heterocycles. The highest BCUT2D eigenvalue weighted by Gasteiger charge is 2.19. The summed E-state index contributed by atoms with van der Waals surface area (Å²) in [6.45, 7) is 5.06. The van der Waals surface area contributed by atoms with Crippen LogP contribution < -0.4 is 5.32 Å². The van der Waals surface area contributed by atoms with Crippen molar-refractivity contribution < 1.29 is 0 Å². The third kappa shape index (κ3) is 3.34. The van der Waals surface area contributed by atoms with Crippen LogP contribution in [0.25, 0.3) is 0 Å². The summed E-state index contributed by atoms with van der Waals surface area (Å²) < 4.78 is 4.95. The molecule has 2 aromatic rings. The minimum absolute atomic E-state index is 0.0791. The zero-order valence-electron chi connectivity index (χ0n) is 9.77. The fourth-order valence-corrected chi connectivity index (χ4v) is 2.26. The van der Waals surface area contributed by atoms with Gasteiger partial charge in [0.1, 0.15) is 0 Å². The molecule has 0 fully saturated rings. The van der Waals surface area contributed by atoms with Gasteiger partial charge in [-0.2, -0.15) is 0 Å². The summed E-state index contributed by atoms with van der Waals surface area (Å²) in [6, 6.07) is 8.36. The van der Waals surface area contributed by atoms with E-state index in [4.69, 9.17) is 0 Å². The second-order valence-electron chi connectivity index (χ2n) is 4.38. The maximum atomic E-state index is 4.03. The van der Waals surface area contributed by atoms with Gasteiger partial charge < -0.3 is 5.32 Å². The molecule has 2 rings (SSSR count). The van der Waals surface area contributed by atoms with Crippen molar-refractivity contribution in [3.05, 3.63) is 45.4 Å². The monoisotopic (exact) mass is 311 g/mol. The smallest absolute Gasteiger partial charge is 0.0893 e. The van der Waals surface area contributed by atoms with Gasteiger partial charge in [0.15, 0.2) is 0 Å². The average molecular weight is 312 g/mol. The molecule has 5 heteroatoms. The maximum Gasteiger partial charge on any atom is 0.0893 e. The molecule has 0 saturated carbocycles. The molecule has 0 aliphatic rings. The predicted octanol–water partition coefficient (Wildman–Crippen LogP) is 3.33. The minimum atomic E-state index is -0.0791. The van der Waals surface area contributed by atoms with Gasteiger partial charge in [0.2, 0.25) is 0 Å². The molecule has 0 radical (unpaired) electrons. The molecule has 0 aliphatic heterocycles. The molecule has 0 amide bonds. The number of hydrogen-bond donors (Lipinski definition) is 1. The van der Waals surface area contributed by atoms with Crippen molar-refractivity contribution in [2.45, 2.75) is 25.9 Å². The Labute approximate surface area is 114 Å². The van der Waals surface area contributed by atoms with Crippen molar-refractivity contribution in [1.29, 1.82) is 0 Å². The van der Waals surface area contributed by atoms with Crippen molar-refractivity contribution in [1.82, 2.24) is 14.9 Å². The lowest BCUT2D eigenvalue weighted by atomic mass is 9.94. The van der Waals surface area contributed by atoms with Crippen LogP contribution in [0.15, 0.2) is 34.1 Å². The van der Waals surface area contributed by atoms with Gasteiger partial charge in [0, 0.05) is 21.9 Å². The van der Waals surface area contributed by atoms with E-state index in [0.29, 0.717) is 0 Å². The summed E-state index contributed by atoms with van der Waals surface area (Å²) in [5.74, 6) is 0. The topological polar surface area (TPSA) is 37.8 Å². The standard InChI is InChI=1S/C12H14BrN3S/c1-12(2,9-3-5-10(13)6-4-9)14-7-11-8-17-16-15-11/h3-6,8,14H,7H2,1-2H3. The van der Waals surface area contributed by atoms with E-state index in [2.05, 4.69) is 68.9 Å². The normalized spacial score (nSPS) is 11.7. The highest BCUT2D eigenvalue weighted by molar-refractivity contribution is 9.10. The summed E-state index contributed by atoms with van der Waals surface area (Å²) in [7, 11) is 0. The van der Waals surface area contributed by atoms with Gasteiger partial charge in [0.25, 0.3) is 0 Å². The average Bonchev–Trinajstić information content (AvgIpc) is 2.80. The Kier molecular flexibility index (Phi) is 3.91. The van der Waals surface area contributed by atoms with Crippen molar-refractivity contribution in [2.75, 3.05) is 0 Å². The molecule has 1 aromatic carbocycles. The first-order chi connectivity index (χ1) is 8.08. The lowest BCUT2D eigenvalue weighted by Crippen LogP contribution is -2.36. The quantitative estimate of drug-likeness (QED) is 0.941.